The number of thiazole rings is 1. The van der Waals surface area contributed by atoms with Crippen molar-refractivity contribution in [1.82, 2.24) is 4.98 Å². The highest BCUT2D eigenvalue weighted by Crippen LogP contribution is 2.38. The molecule has 0 saturated heterocycles. The monoisotopic (exact) mass is 522 g/mol. The molecule has 11 heteroatoms. The summed E-state index contributed by atoms with van der Waals surface area (Å²) in [7, 11) is -1.03. The van der Waals surface area contributed by atoms with E-state index in [0.29, 0.717) is 40.2 Å². The van der Waals surface area contributed by atoms with Gasteiger partial charge in [-0.25, -0.2) is 4.98 Å². The number of benzene rings is 2. The zero-order valence-corrected chi connectivity index (χ0v) is 21.9. The summed E-state index contributed by atoms with van der Waals surface area (Å²) in [4.78, 5) is 18.1. The van der Waals surface area contributed by atoms with Crippen molar-refractivity contribution in [2.75, 3.05) is 32.4 Å². The lowest BCUT2D eigenvalue weighted by Gasteiger charge is -2.16. The van der Waals surface area contributed by atoms with Gasteiger partial charge >= 0.3 is 0 Å². The van der Waals surface area contributed by atoms with Crippen LogP contribution in [0.5, 0.6) is 17.2 Å². The number of anilines is 1. The van der Waals surface area contributed by atoms with Crippen LogP contribution in [0.2, 0.25) is 0 Å². The molecular formula is C23H27N2O6PS2. The zero-order valence-electron chi connectivity index (χ0n) is 19.3. The predicted molar refractivity (Wildman–Crippen MR) is 136 cm³/mol. The number of rotatable bonds is 11. The van der Waals surface area contributed by atoms with Gasteiger partial charge in [-0.3, -0.25) is 14.7 Å². The number of ether oxygens (including phenoxy) is 3. The molecule has 0 unspecified atom stereocenters. The smallest absolute Gasteiger partial charge is 0.257 e. The first kappa shape index (κ1) is 26.2. The minimum absolute atomic E-state index is 0.112. The van der Waals surface area contributed by atoms with E-state index in [1.807, 2.05) is 19.1 Å². The highest BCUT2D eigenvalue weighted by atomic mass is 32.1. The summed E-state index contributed by atoms with van der Waals surface area (Å²) < 4.78 is 34.0. The molecule has 0 aliphatic carbocycles. The van der Waals surface area contributed by atoms with Gasteiger partial charge in [0.05, 0.1) is 18.9 Å². The Labute approximate surface area is 208 Å². The van der Waals surface area contributed by atoms with Crippen LogP contribution in [0.1, 0.15) is 23.0 Å². The number of aromatic nitrogens is 1. The van der Waals surface area contributed by atoms with Crippen molar-refractivity contribution in [3.63, 3.8) is 0 Å². The van der Waals surface area contributed by atoms with Crippen LogP contribution in [0.25, 0.3) is 0 Å². The molecule has 1 amide bonds. The molecule has 182 valence electrons. The van der Waals surface area contributed by atoms with Gasteiger partial charge in [0.1, 0.15) is 23.4 Å². The maximum atomic E-state index is 13.0. The summed E-state index contributed by atoms with van der Waals surface area (Å²) in [5.41, 5.74) is 0.925. The average Bonchev–Trinajstić information content (AvgIpc) is 3.21. The van der Waals surface area contributed by atoms with Crippen molar-refractivity contribution in [3.05, 3.63) is 59.1 Å². The van der Waals surface area contributed by atoms with Gasteiger partial charge in [0, 0.05) is 42.3 Å². The third-order valence-corrected chi connectivity index (χ3v) is 6.10. The highest BCUT2D eigenvalue weighted by Gasteiger charge is 2.15. The number of nitrogens with one attached hydrogen (secondary N) is 1. The van der Waals surface area contributed by atoms with E-state index in [4.69, 9.17) is 18.7 Å². The van der Waals surface area contributed by atoms with Crippen LogP contribution < -0.4 is 14.8 Å². The summed E-state index contributed by atoms with van der Waals surface area (Å²) in [6, 6.07) is 12.2. The van der Waals surface area contributed by atoms with E-state index in [0.717, 1.165) is 4.90 Å². The van der Waals surface area contributed by atoms with Crippen LogP contribution >= 0.6 is 31.3 Å². The molecule has 0 aliphatic heterocycles. The van der Waals surface area contributed by atoms with Gasteiger partial charge in [-0.1, -0.05) is 0 Å². The fraction of sp³-hybridized carbons (Fsp3) is 0.304. The number of nitrogens with zero attached hydrogens (tertiary/aromatic N) is 1. The average molecular weight is 523 g/mol. The minimum Gasteiger partial charge on any atom is -0.488 e. The summed E-state index contributed by atoms with van der Waals surface area (Å²) in [5, 5.41) is 4.92. The van der Waals surface area contributed by atoms with Gasteiger partial charge in [0.15, 0.2) is 12.5 Å². The Morgan fingerprint density at radius 2 is 1.85 bits per heavy atom. The SMILES string of the molecule is COC[C@H](C)Oc1cc(Oc2ccc(S)cc2)cc(C(=O)Nc2nc(COP(C)(C)=O)cs2)c1. The molecule has 1 aromatic heterocycles. The maximum absolute atomic E-state index is 13.0. The first-order chi connectivity index (χ1) is 16.1. The van der Waals surface area contributed by atoms with Gasteiger partial charge < -0.3 is 18.7 Å². The third kappa shape index (κ3) is 8.45. The molecule has 0 aliphatic rings. The Bertz CT molecular complexity index is 1160. The number of hydrogen-bond acceptors (Lipinski definition) is 9. The van der Waals surface area contributed by atoms with Gasteiger partial charge in [-0.2, -0.15) is 0 Å². The van der Waals surface area contributed by atoms with Crippen molar-refractivity contribution in [2.45, 2.75) is 24.5 Å². The van der Waals surface area contributed by atoms with Crippen molar-refractivity contribution in [1.29, 1.82) is 0 Å². The van der Waals surface area contributed by atoms with E-state index in [9.17, 15) is 9.36 Å². The molecule has 0 fully saturated rings. The number of carbonyl (C=O) groups is 1. The lowest BCUT2D eigenvalue weighted by Crippen LogP contribution is -2.18. The molecule has 0 radical (unpaired) electrons. The lowest BCUT2D eigenvalue weighted by atomic mass is 10.2. The molecule has 1 atom stereocenters. The van der Waals surface area contributed by atoms with E-state index >= 15 is 0 Å². The van der Waals surface area contributed by atoms with Gasteiger partial charge in [0.25, 0.3) is 5.91 Å². The molecule has 3 aromatic rings. The molecule has 1 heterocycles. The van der Waals surface area contributed by atoms with Gasteiger partial charge in [-0.15, -0.1) is 24.0 Å². The largest absolute Gasteiger partial charge is 0.488 e. The molecule has 8 nitrogen and oxygen atoms in total. The highest BCUT2D eigenvalue weighted by molar-refractivity contribution is 7.80. The first-order valence-corrected chi connectivity index (χ1v) is 14.2. The fourth-order valence-corrected chi connectivity index (χ4v) is 4.08. The van der Waals surface area contributed by atoms with Crippen LogP contribution in [0.3, 0.4) is 0 Å². The number of methoxy groups -OCH3 is 1. The normalized spacial score (nSPS) is 12.3. The van der Waals surface area contributed by atoms with Crippen molar-refractivity contribution in [2.24, 2.45) is 0 Å². The second-order valence-corrected chi connectivity index (χ2v) is 11.9. The van der Waals surface area contributed by atoms with Gasteiger partial charge in [-0.05, 0) is 43.3 Å². The summed E-state index contributed by atoms with van der Waals surface area (Å²) in [6.07, 6.45) is -0.228. The summed E-state index contributed by atoms with van der Waals surface area (Å²) in [5.74, 6) is 1.13. The Hall–Kier alpha value is -2.36. The van der Waals surface area contributed by atoms with E-state index in [1.54, 1.807) is 42.8 Å². The maximum Gasteiger partial charge on any atom is 0.257 e. The second-order valence-electron chi connectivity index (χ2n) is 7.80. The van der Waals surface area contributed by atoms with Crippen molar-refractivity contribution < 1.29 is 28.1 Å². The van der Waals surface area contributed by atoms with E-state index in [-0.39, 0.29) is 18.6 Å². The first-order valence-electron chi connectivity index (χ1n) is 10.3. The minimum atomic E-state index is -2.62. The fourth-order valence-electron chi connectivity index (χ4n) is 2.80. The molecule has 0 bridgehead atoms. The van der Waals surface area contributed by atoms with E-state index in [2.05, 4.69) is 22.9 Å². The number of amides is 1. The van der Waals surface area contributed by atoms with Crippen LogP contribution in [0, 0.1) is 0 Å². The summed E-state index contributed by atoms with van der Waals surface area (Å²) in [6.45, 7) is 5.45. The Morgan fingerprint density at radius 3 is 2.53 bits per heavy atom. The molecule has 0 saturated carbocycles. The van der Waals surface area contributed by atoms with Crippen LogP contribution in [-0.2, 0) is 20.4 Å². The molecule has 34 heavy (non-hydrogen) atoms. The zero-order chi connectivity index (χ0) is 24.7. The quantitative estimate of drug-likeness (QED) is 0.238. The van der Waals surface area contributed by atoms with Gasteiger partial charge in [0.2, 0.25) is 0 Å². The molecule has 0 spiro atoms. The van der Waals surface area contributed by atoms with Crippen LogP contribution in [-0.4, -0.2) is 44.0 Å². The lowest BCUT2D eigenvalue weighted by molar-refractivity contribution is 0.0916. The number of hydrogen-bond donors (Lipinski definition) is 2. The third-order valence-electron chi connectivity index (χ3n) is 4.25. The second kappa shape index (κ2) is 11.9. The Morgan fingerprint density at radius 1 is 1.15 bits per heavy atom. The summed E-state index contributed by atoms with van der Waals surface area (Å²) >= 11 is 5.54. The van der Waals surface area contributed by atoms with E-state index < -0.39 is 7.37 Å². The van der Waals surface area contributed by atoms with Crippen molar-refractivity contribution >= 4 is 42.4 Å². The Balaban J connectivity index is 1.79. The van der Waals surface area contributed by atoms with Crippen molar-refractivity contribution in [3.8, 4) is 17.2 Å². The van der Waals surface area contributed by atoms with Crippen LogP contribution in [0.15, 0.2) is 52.7 Å². The molecule has 2 aromatic carbocycles. The topological polar surface area (TPSA) is 96.0 Å². The Kier molecular flexibility index (Phi) is 9.16. The van der Waals surface area contributed by atoms with E-state index in [1.165, 1.54) is 24.7 Å². The predicted octanol–water partition coefficient (Wildman–Crippen LogP) is 5.94. The molecule has 3 rings (SSSR count). The standard InChI is InChI=1S/C23H27N2O6PS2/c1-15(12-28-2)30-19-9-16(10-20(11-19)31-18-5-7-21(33)8-6-18)22(26)25-23-24-17(14-34-23)13-29-32(3,4)27/h5-11,14-15,33H,12-13H2,1-4H3,(H,24,25,26)/t15-/m0/s1. The number of thiol groups is 1. The van der Waals surface area contributed by atoms with Crippen LogP contribution in [0.4, 0.5) is 5.13 Å². The molecule has 1 N–H and O–H groups in total. The number of carbonyl (C=O) groups excluding carboxylic acids is 1. The molecular weight excluding hydrogens is 495 g/mol.